The minimum Gasteiger partial charge on any atom is -0.356 e. The van der Waals surface area contributed by atoms with E-state index in [-0.39, 0.29) is 24.0 Å². The Morgan fingerprint density at radius 2 is 2.04 bits per heavy atom. The maximum Gasteiger partial charge on any atom is 0.226 e. The normalized spacial score (nSPS) is 12.6. The summed E-state index contributed by atoms with van der Waals surface area (Å²) in [5, 5.41) is 10.5. The summed E-state index contributed by atoms with van der Waals surface area (Å²) < 4.78 is 5.09. The van der Waals surface area contributed by atoms with E-state index in [0.717, 1.165) is 37.8 Å². The van der Waals surface area contributed by atoms with Crippen molar-refractivity contribution in [1.82, 2.24) is 20.8 Å². The van der Waals surface area contributed by atoms with Gasteiger partial charge in [-0.15, -0.1) is 24.0 Å². The summed E-state index contributed by atoms with van der Waals surface area (Å²) in [4.78, 5) is 8.46. The number of aromatic nitrogens is 2. The monoisotopic (exact) mass is 437 g/mol. The van der Waals surface area contributed by atoms with Crippen LogP contribution in [0.4, 0.5) is 0 Å². The second kappa shape index (κ2) is 13.6. The molecule has 7 heteroatoms. The fraction of sp³-hybridized carbons (Fsp3) is 0.812. The second-order valence-corrected chi connectivity index (χ2v) is 5.64. The van der Waals surface area contributed by atoms with Crippen LogP contribution in [0.5, 0.6) is 0 Å². The van der Waals surface area contributed by atoms with Gasteiger partial charge in [0.25, 0.3) is 0 Å². The smallest absolute Gasteiger partial charge is 0.226 e. The number of aryl methyl sites for hydroxylation is 2. The van der Waals surface area contributed by atoms with E-state index < -0.39 is 0 Å². The molecule has 0 saturated heterocycles. The largest absolute Gasteiger partial charge is 0.356 e. The Hall–Kier alpha value is -0.860. The molecule has 0 aromatic carbocycles. The van der Waals surface area contributed by atoms with Crippen LogP contribution in [0.3, 0.4) is 0 Å². The van der Waals surface area contributed by atoms with Crippen LogP contribution in [0.25, 0.3) is 0 Å². The molecule has 1 rings (SSSR count). The highest BCUT2D eigenvalue weighted by Crippen LogP contribution is 2.11. The van der Waals surface area contributed by atoms with E-state index in [1.807, 2.05) is 14.0 Å². The van der Waals surface area contributed by atoms with Gasteiger partial charge in [0.1, 0.15) is 0 Å². The number of hydrogen-bond donors (Lipinski definition) is 2. The first-order chi connectivity index (χ1) is 10.7. The molecule has 1 aromatic rings. The molecule has 6 nitrogen and oxygen atoms in total. The van der Waals surface area contributed by atoms with Gasteiger partial charge in [0.15, 0.2) is 11.8 Å². The molecule has 0 radical (unpaired) electrons. The molecule has 23 heavy (non-hydrogen) atoms. The van der Waals surface area contributed by atoms with E-state index in [9.17, 15) is 0 Å². The lowest BCUT2D eigenvalue weighted by Crippen LogP contribution is -2.40. The van der Waals surface area contributed by atoms with E-state index in [4.69, 9.17) is 4.52 Å². The summed E-state index contributed by atoms with van der Waals surface area (Å²) in [7, 11) is 1.81. The number of nitrogens with zero attached hydrogens (tertiary/aromatic N) is 3. The number of unbranched alkanes of at least 4 members (excludes halogenated alkanes) is 1. The van der Waals surface area contributed by atoms with Crippen LogP contribution in [0.1, 0.15) is 57.7 Å². The van der Waals surface area contributed by atoms with Crippen LogP contribution in [-0.4, -0.2) is 36.2 Å². The molecule has 2 N–H and O–H groups in total. The summed E-state index contributed by atoms with van der Waals surface area (Å²) >= 11 is 0. The first-order valence-corrected chi connectivity index (χ1v) is 8.43. The van der Waals surface area contributed by atoms with Crippen LogP contribution in [-0.2, 0) is 6.42 Å². The molecule has 1 heterocycles. The molecule has 0 aliphatic carbocycles. The van der Waals surface area contributed by atoms with Gasteiger partial charge in [0, 0.05) is 26.6 Å². The van der Waals surface area contributed by atoms with Gasteiger partial charge in [-0.25, -0.2) is 0 Å². The topological polar surface area (TPSA) is 75.3 Å². The van der Waals surface area contributed by atoms with Crippen molar-refractivity contribution in [2.45, 2.75) is 59.3 Å². The van der Waals surface area contributed by atoms with Crippen molar-refractivity contribution >= 4 is 29.9 Å². The van der Waals surface area contributed by atoms with Gasteiger partial charge >= 0.3 is 0 Å². The molecular weight excluding hydrogens is 405 g/mol. The predicted octanol–water partition coefficient (Wildman–Crippen LogP) is 3.31. The fourth-order valence-corrected chi connectivity index (χ4v) is 2.29. The third kappa shape index (κ3) is 9.78. The lowest BCUT2D eigenvalue weighted by Gasteiger charge is -2.17. The van der Waals surface area contributed by atoms with E-state index >= 15 is 0 Å². The molecule has 1 unspecified atom stereocenters. The molecule has 1 atom stereocenters. The van der Waals surface area contributed by atoms with Crippen molar-refractivity contribution in [3.05, 3.63) is 11.7 Å². The minimum atomic E-state index is 0. The Balaban J connectivity index is 0.00000484. The van der Waals surface area contributed by atoms with Crippen LogP contribution in [0.2, 0.25) is 0 Å². The standard InChI is InChI=1S/C16H31N5O.HI/c1-5-7-9-14(6-2)12-19-16(17-4)18-11-8-10-15-20-13(3)21-22-15;/h14H,5-12H2,1-4H3,(H2,17,18,19);1H. The molecule has 0 aliphatic rings. The highest BCUT2D eigenvalue weighted by Gasteiger charge is 2.07. The number of halogens is 1. The predicted molar refractivity (Wildman–Crippen MR) is 105 cm³/mol. The summed E-state index contributed by atoms with van der Waals surface area (Å²) in [5.41, 5.74) is 0. The number of hydrogen-bond acceptors (Lipinski definition) is 4. The third-order valence-electron chi connectivity index (χ3n) is 3.75. The summed E-state index contributed by atoms with van der Waals surface area (Å²) in [5.74, 6) is 2.99. The van der Waals surface area contributed by atoms with Crippen LogP contribution in [0.15, 0.2) is 9.52 Å². The number of guanidine groups is 1. The number of nitrogens with one attached hydrogen (secondary N) is 2. The fourth-order valence-electron chi connectivity index (χ4n) is 2.29. The Labute approximate surface area is 157 Å². The van der Waals surface area contributed by atoms with Crippen molar-refractivity contribution in [3.63, 3.8) is 0 Å². The Kier molecular flexibility index (Phi) is 13.1. The van der Waals surface area contributed by atoms with E-state index in [1.165, 1.54) is 25.7 Å². The van der Waals surface area contributed by atoms with E-state index in [1.54, 1.807) is 0 Å². The summed E-state index contributed by atoms with van der Waals surface area (Å²) in [6.45, 7) is 8.15. The van der Waals surface area contributed by atoms with Gasteiger partial charge in [-0.2, -0.15) is 4.98 Å². The summed E-state index contributed by atoms with van der Waals surface area (Å²) in [6.07, 6.45) is 6.79. The Morgan fingerprint density at radius 1 is 1.26 bits per heavy atom. The average molecular weight is 437 g/mol. The van der Waals surface area contributed by atoms with Crippen LogP contribution < -0.4 is 10.6 Å². The lowest BCUT2D eigenvalue weighted by molar-refractivity contribution is 0.372. The van der Waals surface area contributed by atoms with E-state index in [0.29, 0.717) is 11.7 Å². The zero-order chi connectivity index (χ0) is 16.2. The number of rotatable bonds is 10. The molecular formula is C16H32IN5O. The third-order valence-corrected chi connectivity index (χ3v) is 3.75. The first-order valence-electron chi connectivity index (χ1n) is 8.43. The molecule has 0 amide bonds. The van der Waals surface area contributed by atoms with Crippen molar-refractivity contribution in [2.75, 3.05) is 20.1 Å². The molecule has 1 aromatic heterocycles. The van der Waals surface area contributed by atoms with Gasteiger partial charge in [-0.05, 0) is 25.7 Å². The molecule has 0 saturated carbocycles. The molecule has 0 aliphatic heterocycles. The zero-order valence-electron chi connectivity index (χ0n) is 14.9. The maximum absolute atomic E-state index is 5.09. The average Bonchev–Trinajstić information content (AvgIpc) is 2.94. The van der Waals surface area contributed by atoms with Gasteiger partial charge < -0.3 is 15.2 Å². The quantitative estimate of drug-likeness (QED) is 0.254. The molecule has 134 valence electrons. The van der Waals surface area contributed by atoms with Crippen molar-refractivity contribution < 1.29 is 4.52 Å². The lowest BCUT2D eigenvalue weighted by atomic mass is 9.99. The number of aliphatic imine (C=N–C) groups is 1. The van der Waals surface area contributed by atoms with Crippen molar-refractivity contribution in [2.24, 2.45) is 10.9 Å². The van der Waals surface area contributed by atoms with Gasteiger partial charge in [-0.3, -0.25) is 4.99 Å². The molecule has 0 spiro atoms. The van der Waals surface area contributed by atoms with E-state index in [2.05, 4.69) is 39.6 Å². The SMILES string of the molecule is CCCCC(CC)CNC(=NC)NCCCc1nc(C)no1.I. The minimum absolute atomic E-state index is 0. The van der Waals surface area contributed by atoms with Crippen LogP contribution >= 0.6 is 24.0 Å². The zero-order valence-corrected chi connectivity index (χ0v) is 17.2. The highest BCUT2D eigenvalue weighted by molar-refractivity contribution is 14.0. The molecule has 0 fully saturated rings. The highest BCUT2D eigenvalue weighted by atomic mass is 127. The molecule has 0 bridgehead atoms. The van der Waals surface area contributed by atoms with Crippen molar-refractivity contribution in [1.29, 1.82) is 0 Å². The second-order valence-electron chi connectivity index (χ2n) is 5.64. The Morgan fingerprint density at radius 3 is 2.61 bits per heavy atom. The van der Waals surface area contributed by atoms with Crippen LogP contribution in [0, 0.1) is 12.8 Å². The maximum atomic E-state index is 5.09. The van der Waals surface area contributed by atoms with Gasteiger partial charge in [0.2, 0.25) is 5.89 Å². The van der Waals surface area contributed by atoms with Crippen molar-refractivity contribution in [3.8, 4) is 0 Å². The first kappa shape index (κ1) is 22.1. The van der Waals surface area contributed by atoms with Gasteiger partial charge in [-0.1, -0.05) is 38.3 Å². The van der Waals surface area contributed by atoms with Gasteiger partial charge in [0.05, 0.1) is 0 Å². The summed E-state index contributed by atoms with van der Waals surface area (Å²) in [6, 6.07) is 0. The Bertz CT molecular complexity index is 436.